The van der Waals surface area contributed by atoms with E-state index in [-0.39, 0.29) is 11.9 Å². The molecule has 0 radical (unpaired) electrons. The van der Waals surface area contributed by atoms with Gasteiger partial charge in [-0.3, -0.25) is 4.79 Å². The highest BCUT2D eigenvalue weighted by atomic mass is 16.5. The highest BCUT2D eigenvalue weighted by Gasteiger charge is 2.21. The summed E-state index contributed by atoms with van der Waals surface area (Å²) in [6, 6.07) is -0.559. The third kappa shape index (κ3) is 11.4. The van der Waals surface area contributed by atoms with Crippen molar-refractivity contribution >= 4 is 11.9 Å². The van der Waals surface area contributed by atoms with Crippen LogP contribution in [0.4, 0.5) is 0 Å². The van der Waals surface area contributed by atoms with E-state index in [4.69, 9.17) is 4.74 Å². The van der Waals surface area contributed by atoms with Crippen molar-refractivity contribution in [1.29, 1.82) is 0 Å². The molecule has 0 heterocycles. The summed E-state index contributed by atoms with van der Waals surface area (Å²) in [5, 5.41) is 2.72. The molecule has 128 valence electrons. The van der Waals surface area contributed by atoms with Crippen LogP contribution < -0.4 is 5.32 Å². The number of carbonyl (C=O) groups excluding carboxylic acids is 2. The highest BCUT2D eigenvalue weighted by Crippen LogP contribution is 2.08. The number of amides is 1. The van der Waals surface area contributed by atoms with Crippen LogP contribution in [0, 0.1) is 5.92 Å². The average molecular weight is 311 g/mol. The summed E-state index contributed by atoms with van der Waals surface area (Å²) in [5.74, 6) is -0.287. The van der Waals surface area contributed by atoms with Crippen LogP contribution in [-0.4, -0.2) is 25.0 Å². The molecule has 22 heavy (non-hydrogen) atoms. The van der Waals surface area contributed by atoms with Gasteiger partial charge < -0.3 is 10.1 Å². The maximum Gasteiger partial charge on any atom is 0.328 e. The molecule has 0 aliphatic rings. The summed E-state index contributed by atoms with van der Waals surface area (Å²) in [6.45, 7) is 6.23. The topological polar surface area (TPSA) is 55.4 Å². The lowest BCUT2D eigenvalue weighted by Gasteiger charge is -2.17. The van der Waals surface area contributed by atoms with E-state index in [9.17, 15) is 9.59 Å². The molecule has 0 fully saturated rings. The Hall–Kier alpha value is -1.32. The van der Waals surface area contributed by atoms with Crippen LogP contribution in [0.3, 0.4) is 0 Å². The standard InChI is InChI=1S/C18H33NO3/c1-5-6-7-8-9-10-11-12-13-17(20)19-16(14-15(2)3)18(21)22-4/h12-13,15-16H,5-11,14H2,1-4H3,(H,19,20)/b13-12+. The maximum absolute atomic E-state index is 11.8. The monoisotopic (exact) mass is 311 g/mol. The largest absolute Gasteiger partial charge is 0.467 e. The Labute approximate surface area is 135 Å². The van der Waals surface area contributed by atoms with E-state index in [1.165, 1.54) is 45.3 Å². The quantitative estimate of drug-likeness (QED) is 0.337. The summed E-state index contributed by atoms with van der Waals surface area (Å²) in [6.07, 6.45) is 12.4. The Morgan fingerprint density at radius 3 is 2.32 bits per heavy atom. The molecule has 0 saturated heterocycles. The Morgan fingerprint density at radius 1 is 1.09 bits per heavy atom. The van der Waals surface area contributed by atoms with E-state index in [0.29, 0.717) is 12.3 Å². The molecule has 0 aromatic heterocycles. The Morgan fingerprint density at radius 2 is 1.73 bits per heavy atom. The van der Waals surface area contributed by atoms with E-state index in [1.54, 1.807) is 0 Å². The molecule has 0 rings (SSSR count). The number of carbonyl (C=O) groups is 2. The van der Waals surface area contributed by atoms with Crippen LogP contribution in [0.25, 0.3) is 0 Å². The van der Waals surface area contributed by atoms with Gasteiger partial charge in [0.2, 0.25) is 5.91 Å². The number of allylic oxidation sites excluding steroid dienone is 1. The number of methoxy groups -OCH3 is 1. The van der Waals surface area contributed by atoms with Crippen LogP contribution in [0.1, 0.15) is 72.1 Å². The van der Waals surface area contributed by atoms with E-state index in [1.807, 2.05) is 19.9 Å². The van der Waals surface area contributed by atoms with E-state index < -0.39 is 6.04 Å². The van der Waals surface area contributed by atoms with Gasteiger partial charge in [0.05, 0.1) is 7.11 Å². The Balaban J connectivity index is 3.97. The minimum Gasteiger partial charge on any atom is -0.467 e. The normalized spacial score (nSPS) is 12.6. The molecule has 0 aliphatic carbocycles. The second-order valence-electron chi connectivity index (χ2n) is 6.17. The fraction of sp³-hybridized carbons (Fsp3) is 0.778. The van der Waals surface area contributed by atoms with Crippen LogP contribution in [0.5, 0.6) is 0 Å². The molecule has 0 bridgehead atoms. The second-order valence-corrected chi connectivity index (χ2v) is 6.17. The zero-order valence-electron chi connectivity index (χ0n) is 14.7. The van der Waals surface area contributed by atoms with Gasteiger partial charge in [0, 0.05) is 0 Å². The molecule has 4 heteroatoms. The lowest BCUT2D eigenvalue weighted by Crippen LogP contribution is -2.41. The van der Waals surface area contributed by atoms with Gasteiger partial charge in [-0.2, -0.15) is 0 Å². The third-order valence-electron chi connectivity index (χ3n) is 3.50. The van der Waals surface area contributed by atoms with Crippen LogP contribution >= 0.6 is 0 Å². The minimum atomic E-state index is -0.559. The number of hydrogen-bond acceptors (Lipinski definition) is 3. The fourth-order valence-electron chi connectivity index (χ4n) is 2.28. The fourth-order valence-corrected chi connectivity index (χ4v) is 2.28. The predicted molar refractivity (Wildman–Crippen MR) is 90.5 cm³/mol. The SMILES string of the molecule is CCCCCCCC/C=C/C(=O)NC(CC(C)C)C(=O)OC. The molecule has 1 unspecified atom stereocenters. The van der Waals surface area contributed by atoms with Crippen molar-refractivity contribution in [3.63, 3.8) is 0 Å². The average Bonchev–Trinajstić information content (AvgIpc) is 2.48. The lowest BCUT2D eigenvalue weighted by molar-refractivity contribution is -0.145. The molecular weight excluding hydrogens is 278 g/mol. The smallest absolute Gasteiger partial charge is 0.328 e. The van der Waals surface area contributed by atoms with E-state index in [2.05, 4.69) is 12.2 Å². The van der Waals surface area contributed by atoms with E-state index in [0.717, 1.165) is 12.8 Å². The number of rotatable bonds is 12. The summed E-state index contributed by atoms with van der Waals surface area (Å²) in [7, 11) is 1.34. The van der Waals surface area contributed by atoms with Crippen LogP contribution in [-0.2, 0) is 14.3 Å². The Bertz CT molecular complexity index is 337. The first-order valence-corrected chi connectivity index (χ1v) is 8.56. The lowest BCUT2D eigenvalue weighted by atomic mass is 10.0. The first-order chi connectivity index (χ1) is 10.5. The van der Waals surface area contributed by atoms with Crippen molar-refractivity contribution in [2.75, 3.05) is 7.11 Å². The van der Waals surface area contributed by atoms with Crippen molar-refractivity contribution in [3.05, 3.63) is 12.2 Å². The molecule has 0 aromatic rings. The number of ether oxygens (including phenoxy) is 1. The summed E-state index contributed by atoms with van der Waals surface area (Å²) in [5.41, 5.74) is 0. The van der Waals surface area contributed by atoms with Crippen molar-refractivity contribution in [1.82, 2.24) is 5.32 Å². The molecule has 0 aromatic carbocycles. The zero-order valence-corrected chi connectivity index (χ0v) is 14.7. The molecular formula is C18H33NO3. The maximum atomic E-state index is 11.8. The second kappa shape index (κ2) is 13.4. The van der Waals surface area contributed by atoms with Gasteiger partial charge in [-0.1, -0.05) is 59.0 Å². The number of nitrogens with one attached hydrogen (secondary N) is 1. The van der Waals surface area contributed by atoms with Gasteiger partial charge in [0.15, 0.2) is 0 Å². The molecule has 4 nitrogen and oxygen atoms in total. The zero-order chi connectivity index (χ0) is 16.8. The molecule has 1 atom stereocenters. The van der Waals surface area contributed by atoms with Crippen LogP contribution in [0.2, 0.25) is 0 Å². The van der Waals surface area contributed by atoms with Crippen molar-refractivity contribution < 1.29 is 14.3 Å². The number of unbranched alkanes of at least 4 members (excludes halogenated alkanes) is 6. The van der Waals surface area contributed by atoms with E-state index >= 15 is 0 Å². The van der Waals surface area contributed by atoms with Gasteiger partial charge in [-0.15, -0.1) is 0 Å². The first kappa shape index (κ1) is 20.7. The molecule has 1 N–H and O–H groups in total. The number of hydrogen-bond donors (Lipinski definition) is 1. The molecule has 0 aliphatic heterocycles. The van der Waals surface area contributed by atoms with Gasteiger partial charge in [0.1, 0.15) is 6.04 Å². The first-order valence-electron chi connectivity index (χ1n) is 8.56. The van der Waals surface area contributed by atoms with Gasteiger partial charge in [-0.25, -0.2) is 4.79 Å². The van der Waals surface area contributed by atoms with Crippen molar-refractivity contribution in [2.24, 2.45) is 5.92 Å². The predicted octanol–water partition coefficient (Wildman–Crippen LogP) is 4.00. The molecule has 0 spiro atoms. The summed E-state index contributed by atoms with van der Waals surface area (Å²) in [4.78, 5) is 23.4. The van der Waals surface area contributed by atoms with Gasteiger partial charge in [-0.05, 0) is 31.3 Å². The minimum absolute atomic E-state index is 0.220. The molecule has 1 amide bonds. The van der Waals surface area contributed by atoms with Gasteiger partial charge >= 0.3 is 5.97 Å². The van der Waals surface area contributed by atoms with Crippen molar-refractivity contribution in [3.8, 4) is 0 Å². The van der Waals surface area contributed by atoms with Gasteiger partial charge in [0.25, 0.3) is 0 Å². The summed E-state index contributed by atoms with van der Waals surface area (Å²) < 4.78 is 4.73. The number of esters is 1. The summed E-state index contributed by atoms with van der Waals surface area (Å²) >= 11 is 0. The molecule has 0 saturated carbocycles. The van der Waals surface area contributed by atoms with Crippen LogP contribution in [0.15, 0.2) is 12.2 Å². The third-order valence-corrected chi connectivity index (χ3v) is 3.50. The Kier molecular flexibility index (Phi) is 12.5. The highest BCUT2D eigenvalue weighted by molar-refractivity contribution is 5.91. The van der Waals surface area contributed by atoms with Crippen molar-refractivity contribution in [2.45, 2.75) is 78.2 Å².